The molecule has 1 heterocycles. The fraction of sp³-hybridized carbons (Fsp3) is 0.417. The van der Waals surface area contributed by atoms with Crippen molar-refractivity contribution in [2.45, 2.75) is 12.2 Å². The number of aliphatic hydroxyl groups excluding tert-OH is 2. The molecule has 1 aromatic rings. The number of carbonyl (C=O) groups is 1. The highest BCUT2D eigenvalue weighted by Gasteiger charge is 2.33. The number of β-amino-alcohol motifs (C(OH)–C–C–N with tert-alkyl or cyclic N) is 2. The molecule has 1 fully saturated rings. The van der Waals surface area contributed by atoms with Crippen LogP contribution < -0.4 is 4.90 Å². The summed E-state index contributed by atoms with van der Waals surface area (Å²) in [6, 6.07) is 3.84. The largest absolute Gasteiger partial charge is 0.465 e. The molecule has 108 valence electrons. The van der Waals surface area contributed by atoms with Gasteiger partial charge in [0.2, 0.25) is 0 Å². The lowest BCUT2D eigenvalue weighted by atomic mass is 10.1. The molecule has 8 heteroatoms. The fourth-order valence-electron chi connectivity index (χ4n) is 2.14. The van der Waals surface area contributed by atoms with Crippen LogP contribution in [0, 0.1) is 10.1 Å². The van der Waals surface area contributed by atoms with Gasteiger partial charge in [0, 0.05) is 19.2 Å². The molecule has 0 saturated carbocycles. The van der Waals surface area contributed by atoms with Gasteiger partial charge in [-0.3, -0.25) is 10.1 Å². The highest BCUT2D eigenvalue weighted by atomic mass is 16.6. The average Bonchev–Trinajstić information content (AvgIpc) is 2.77. The Morgan fingerprint density at radius 3 is 2.50 bits per heavy atom. The monoisotopic (exact) mass is 282 g/mol. The quantitative estimate of drug-likeness (QED) is 0.453. The average molecular weight is 282 g/mol. The number of anilines is 1. The van der Waals surface area contributed by atoms with E-state index in [-0.39, 0.29) is 30.0 Å². The number of hydrogen-bond donors (Lipinski definition) is 2. The molecular weight excluding hydrogens is 268 g/mol. The number of benzene rings is 1. The third-order valence-corrected chi connectivity index (χ3v) is 3.19. The molecule has 1 aliphatic rings. The van der Waals surface area contributed by atoms with Gasteiger partial charge in [0.05, 0.1) is 29.8 Å². The predicted molar refractivity (Wildman–Crippen MR) is 68.7 cm³/mol. The number of methoxy groups -OCH3 is 1. The van der Waals surface area contributed by atoms with E-state index in [1.165, 1.54) is 30.2 Å². The first-order valence-electron chi connectivity index (χ1n) is 5.92. The second kappa shape index (κ2) is 5.43. The fourth-order valence-corrected chi connectivity index (χ4v) is 2.14. The van der Waals surface area contributed by atoms with Crippen LogP contribution in [0.1, 0.15) is 10.4 Å². The molecule has 2 unspecified atom stereocenters. The van der Waals surface area contributed by atoms with Crippen LogP contribution in [0.15, 0.2) is 18.2 Å². The lowest BCUT2D eigenvalue weighted by Gasteiger charge is -2.18. The van der Waals surface area contributed by atoms with Gasteiger partial charge in [-0.05, 0) is 12.1 Å². The molecule has 1 aromatic carbocycles. The summed E-state index contributed by atoms with van der Waals surface area (Å²) in [4.78, 5) is 23.4. The number of aliphatic hydroxyl groups is 2. The summed E-state index contributed by atoms with van der Waals surface area (Å²) in [7, 11) is 1.22. The zero-order valence-electron chi connectivity index (χ0n) is 10.7. The zero-order chi connectivity index (χ0) is 14.9. The number of ether oxygens (including phenoxy) is 1. The Hall–Kier alpha value is -2.19. The van der Waals surface area contributed by atoms with Crippen LogP contribution in [0.3, 0.4) is 0 Å². The lowest BCUT2D eigenvalue weighted by molar-refractivity contribution is -0.384. The lowest BCUT2D eigenvalue weighted by Crippen LogP contribution is -2.22. The van der Waals surface area contributed by atoms with Gasteiger partial charge in [0.25, 0.3) is 5.69 Å². The van der Waals surface area contributed by atoms with E-state index >= 15 is 0 Å². The van der Waals surface area contributed by atoms with Crippen molar-refractivity contribution < 1.29 is 24.7 Å². The van der Waals surface area contributed by atoms with E-state index in [2.05, 4.69) is 4.74 Å². The molecule has 8 nitrogen and oxygen atoms in total. The van der Waals surface area contributed by atoms with Crippen LogP contribution in [0.4, 0.5) is 11.4 Å². The Morgan fingerprint density at radius 2 is 2.00 bits per heavy atom. The molecule has 2 N–H and O–H groups in total. The first-order chi connectivity index (χ1) is 9.43. The predicted octanol–water partition coefficient (Wildman–Crippen LogP) is -0.0768. The minimum atomic E-state index is -0.976. The van der Waals surface area contributed by atoms with Gasteiger partial charge in [0.1, 0.15) is 5.69 Å². The van der Waals surface area contributed by atoms with Gasteiger partial charge < -0.3 is 19.8 Å². The van der Waals surface area contributed by atoms with Crippen molar-refractivity contribution in [1.82, 2.24) is 0 Å². The minimum Gasteiger partial charge on any atom is -0.465 e. The molecule has 0 aromatic heterocycles. The molecule has 0 aliphatic carbocycles. The molecule has 0 spiro atoms. The number of nitro groups is 1. The Labute approximate surface area is 114 Å². The van der Waals surface area contributed by atoms with E-state index in [1.807, 2.05) is 0 Å². The second-order valence-electron chi connectivity index (χ2n) is 4.49. The minimum absolute atomic E-state index is 0.0621. The first kappa shape index (κ1) is 14.2. The zero-order valence-corrected chi connectivity index (χ0v) is 10.7. The van der Waals surface area contributed by atoms with Crippen molar-refractivity contribution in [3.05, 3.63) is 33.9 Å². The van der Waals surface area contributed by atoms with Crippen LogP contribution in [0.5, 0.6) is 0 Å². The van der Waals surface area contributed by atoms with E-state index in [1.54, 1.807) is 0 Å². The Morgan fingerprint density at radius 1 is 1.40 bits per heavy atom. The summed E-state index contributed by atoms with van der Waals surface area (Å²) in [5.74, 6) is -0.610. The normalized spacial score (nSPS) is 21.9. The number of nitro benzene ring substituents is 1. The molecule has 1 aliphatic heterocycles. The van der Waals surface area contributed by atoms with Crippen LogP contribution >= 0.6 is 0 Å². The number of hydrogen-bond acceptors (Lipinski definition) is 7. The van der Waals surface area contributed by atoms with Gasteiger partial charge in [-0.2, -0.15) is 0 Å². The smallest absolute Gasteiger partial charge is 0.337 e. The van der Waals surface area contributed by atoms with Gasteiger partial charge in [-0.15, -0.1) is 0 Å². The SMILES string of the molecule is COC(=O)c1ccc([N+](=O)[O-])c(N2CC(O)C(O)C2)c1. The van der Waals surface area contributed by atoms with Crippen LogP contribution in [0.2, 0.25) is 0 Å². The van der Waals surface area contributed by atoms with E-state index in [0.29, 0.717) is 0 Å². The van der Waals surface area contributed by atoms with Gasteiger partial charge in [-0.25, -0.2) is 4.79 Å². The maximum Gasteiger partial charge on any atom is 0.337 e. The van der Waals surface area contributed by atoms with Crippen molar-refractivity contribution in [1.29, 1.82) is 0 Å². The maximum absolute atomic E-state index is 11.5. The van der Waals surface area contributed by atoms with E-state index in [9.17, 15) is 25.1 Å². The summed E-state index contributed by atoms with van der Waals surface area (Å²) in [5, 5.41) is 30.1. The molecule has 2 rings (SSSR count). The Kier molecular flexibility index (Phi) is 3.86. The molecule has 0 amide bonds. The maximum atomic E-state index is 11.5. The van der Waals surface area contributed by atoms with Crippen molar-refractivity contribution in [3.63, 3.8) is 0 Å². The summed E-state index contributed by atoms with van der Waals surface area (Å²) in [6.45, 7) is 0.124. The summed E-state index contributed by atoms with van der Waals surface area (Å²) < 4.78 is 4.57. The Bertz CT molecular complexity index is 537. The van der Waals surface area contributed by atoms with E-state index in [0.717, 1.165) is 0 Å². The van der Waals surface area contributed by atoms with Crippen molar-refractivity contribution in [2.75, 3.05) is 25.1 Å². The number of nitrogens with zero attached hydrogens (tertiary/aromatic N) is 2. The van der Waals surface area contributed by atoms with Crippen molar-refractivity contribution >= 4 is 17.3 Å². The molecule has 0 bridgehead atoms. The number of carbonyl (C=O) groups excluding carboxylic acids is 1. The highest BCUT2D eigenvalue weighted by molar-refractivity contribution is 5.91. The van der Waals surface area contributed by atoms with Gasteiger partial charge >= 0.3 is 5.97 Å². The number of esters is 1. The molecule has 1 saturated heterocycles. The van der Waals surface area contributed by atoms with Crippen molar-refractivity contribution in [3.8, 4) is 0 Å². The standard InChI is InChI=1S/C12H14N2O6/c1-20-12(17)7-2-3-8(14(18)19)9(4-7)13-5-10(15)11(16)6-13/h2-4,10-11,15-16H,5-6H2,1H3. The first-order valence-corrected chi connectivity index (χ1v) is 5.92. The molecule has 20 heavy (non-hydrogen) atoms. The summed E-state index contributed by atoms with van der Waals surface area (Å²) >= 11 is 0. The second-order valence-corrected chi connectivity index (χ2v) is 4.49. The topological polar surface area (TPSA) is 113 Å². The molecular formula is C12H14N2O6. The van der Waals surface area contributed by atoms with E-state index < -0.39 is 23.1 Å². The van der Waals surface area contributed by atoms with Gasteiger partial charge in [0.15, 0.2) is 0 Å². The van der Waals surface area contributed by atoms with Crippen LogP contribution in [-0.2, 0) is 4.74 Å². The summed E-state index contributed by atoms with van der Waals surface area (Å²) in [5.41, 5.74) is 0.149. The van der Waals surface area contributed by atoms with Crippen molar-refractivity contribution in [2.24, 2.45) is 0 Å². The molecule has 2 atom stereocenters. The van der Waals surface area contributed by atoms with Crippen LogP contribution in [0.25, 0.3) is 0 Å². The Balaban J connectivity index is 2.42. The molecule has 0 radical (unpaired) electrons. The van der Waals surface area contributed by atoms with E-state index in [4.69, 9.17) is 0 Å². The highest BCUT2D eigenvalue weighted by Crippen LogP contribution is 2.32. The third-order valence-electron chi connectivity index (χ3n) is 3.19. The summed E-state index contributed by atoms with van der Waals surface area (Å²) in [6.07, 6.45) is -1.95. The number of rotatable bonds is 3. The third kappa shape index (κ3) is 2.56. The van der Waals surface area contributed by atoms with Gasteiger partial charge in [-0.1, -0.05) is 0 Å². The van der Waals surface area contributed by atoms with Crippen LogP contribution in [-0.4, -0.2) is 53.5 Å².